The van der Waals surface area contributed by atoms with Crippen LogP contribution in [0.5, 0.6) is 11.5 Å². The number of aliphatic hydroxyl groups is 1. The molecule has 2 unspecified atom stereocenters. The number of carbonyl (C=O) groups is 2. The van der Waals surface area contributed by atoms with E-state index >= 15 is 0 Å². The van der Waals surface area contributed by atoms with Gasteiger partial charge in [-0.05, 0) is 84.3 Å². The Balaban J connectivity index is 0.000000400. The first-order valence-electron chi connectivity index (χ1n) is 14.8. The topological polar surface area (TPSA) is 117 Å². The van der Waals surface area contributed by atoms with Gasteiger partial charge in [0.15, 0.2) is 0 Å². The number of halogens is 2. The van der Waals surface area contributed by atoms with Crippen molar-refractivity contribution in [3.8, 4) is 11.5 Å². The van der Waals surface area contributed by atoms with Crippen LogP contribution in [0.15, 0.2) is 91.3 Å². The average Bonchev–Trinajstić information content (AvgIpc) is 3.46. The van der Waals surface area contributed by atoms with Crippen LogP contribution in [0.1, 0.15) is 39.6 Å². The molecule has 0 fully saturated rings. The van der Waals surface area contributed by atoms with Gasteiger partial charge in [-0.15, -0.1) is 0 Å². The SMILES string of the molecule is COc1ccc(Cl)cc1.O=CN1CCc2c([nH]c3ccc(Cl)cc23)C1c1ccc(OCCC(O)CNC(=O)c2cccnc2)cc1. The quantitative estimate of drug-likeness (QED) is 0.153. The van der Waals surface area contributed by atoms with Crippen molar-refractivity contribution < 1.29 is 24.2 Å². The lowest BCUT2D eigenvalue weighted by molar-refractivity contribution is -0.120. The predicted octanol–water partition coefficient (Wildman–Crippen LogP) is 6.23. The molecule has 1 aliphatic heterocycles. The third kappa shape index (κ3) is 8.17. The van der Waals surface area contributed by atoms with E-state index in [1.807, 2.05) is 54.6 Å². The molecule has 46 heavy (non-hydrogen) atoms. The Labute approximate surface area is 277 Å². The first kappa shape index (κ1) is 32.8. The van der Waals surface area contributed by atoms with E-state index in [-0.39, 0.29) is 18.5 Å². The van der Waals surface area contributed by atoms with Crippen molar-refractivity contribution in [1.29, 1.82) is 0 Å². The molecule has 11 heteroatoms. The van der Waals surface area contributed by atoms with Gasteiger partial charge in [-0.25, -0.2) is 0 Å². The van der Waals surface area contributed by atoms with Gasteiger partial charge in [-0.1, -0.05) is 35.3 Å². The fourth-order valence-electron chi connectivity index (χ4n) is 5.29. The van der Waals surface area contributed by atoms with Crippen molar-refractivity contribution in [3.63, 3.8) is 0 Å². The molecule has 5 aromatic rings. The van der Waals surface area contributed by atoms with Gasteiger partial charge in [-0.3, -0.25) is 14.6 Å². The van der Waals surface area contributed by atoms with Crippen LogP contribution in [0.2, 0.25) is 10.0 Å². The van der Waals surface area contributed by atoms with E-state index in [1.54, 1.807) is 42.5 Å². The number of benzene rings is 3. The summed E-state index contributed by atoms with van der Waals surface area (Å²) in [7, 11) is 1.63. The van der Waals surface area contributed by atoms with Gasteiger partial charge in [-0.2, -0.15) is 0 Å². The Morgan fingerprint density at radius 1 is 1.09 bits per heavy atom. The lowest BCUT2D eigenvalue weighted by Crippen LogP contribution is -2.35. The fourth-order valence-corrected chi connectivity index (χ4v) is 5.59. The monoisotopic (exact) mass is 660 g/mol. The number of rotatable bonds is 10. The molecule has 9 nitrogen and oxygen atoms in total. The van der Waals surface area contributed by atoms with E-state index in [2.05, 4.69) is 15.3 Å². The minimum Gasteiger partial charge on any atom is -0.497 e. The standard InChI is InChI=1S/C28H27ClN4O4.C7H7ClO/c29-20-5-8-25-24(14-20)23-9-12-33(17-34)27(26(23)32-25)18-3-6-22(7-4-18)37-13-10-21(35)16-31-28(36)19-2-1-11-30-15-19;1-9-7-4-2-6(8)3-5-7/h1-8,11,14-15,17,21,27,32,35H,9-10,12-13,16H2,(H,31,36);2-5H,1H3. The van der Waals surface area contributed by atoms with E-state index in [0.29, 0.717) is 35.9 Å². The molecule has 3 heterocycles. The number of hydrogen-bond donors (Lipinski definition) is 3. The van der Waals surface area contributed by atoms with Crippen molar-refractivity contribution in [2.45, 2.75) is 25.0 Å². The lowest BCUT2D eigenvalue weighted by Gasteiger charge is -2.33. The molecule has 0 spiro atoms. The summed E-state index contributed by atoms with van der Waals surface area (Å²) in [6.07, 6.45) is 4.35. The molecular formula is C35H34Cl2N4O5. The van der Waals surface area contributed by atoms with Gasteiger partial charge in [0.1, 0.15) is 11.5 Å². The average molecular weight is 662 g/mol. The maximum absolute atomic E-state index is 12.1. The van der Waals surface area contributed by atoms with Crippen LogP contribution in [-0.2, 0) is 11.2 Å². The van der Waals surface area contributed by atoms with Crippen LogP contribution in [0, 0.1) is 0 Å². The maximum Gasteiger partial charge on any atom is 0.252 e. The Morgan fingerprint density at radius 2 is 1.83 bits per heavy atom. The smallest absolute Gasteiger partial charge is 0.252 e. The van der Waals surface area contributed by atoms with Crippen LogP contribution < -0.4 is 14.8 Å². The number of methoxy groups -OCH3 is 1. The second kappa shape index (κ2) is 15.6. The van der Waals surface area contributed by atoms with Gasteiger partial charge in [0.25, 0.3) is 5.91 Å². The number of carbonyl (C=O) groups excluding carboxylic acids is 2. The zero-order valence-corrected chi connectivity index (χ0v) is 26.7. The number of hydrogen-bond acceptors (Lipinski definition) is 6. The second-order valence-corrected chi connectivity index (χ2v) is 11.5. The number of nitrogens with one attached hydrogen (secondary N) is 2. The van der Waals surface area contributed by atoms with Gasteiger partial charge in [0.05, 0.1) is 31.4 Å². The van der Waals surface area contributed by atoms with Gasteiger partial charge in [0.2, 0.25) is 6.41 Å². The zero-order chi connectivity index (χ0) is 32.5. The van der Waals surface area contributed by atoms with Gasteiger partial charge >= 0.3 is 0 Å². The molecule has 1 aliphatic rings. The molecule has 2 amide bonds. The molecule has 238 valence electrons. The molecule has 6 rings (SSSR count). The Morgan fingerprint density at radius 3 is 2.52 bits per heavy atom. The number of amides is 2. The molecule has 0 aliphatic carbocycles. The summed E-state index contributed by atoms with van der Waals surface area (Å²) in [5, 5.41) is 15.4. The highest BCUT2D eigenvalue weighted by atomic mass is 35.5. The lowest BCUT2D eigenvalue weighted by atomic mass is 9.93. The Bertz CT molecular complexity index is 1750. The molecule has 0 bridgehead atoms. The van der Waals surface area contributed by atoms with Crippen molar-refractivity contribution in [2.75, 3.05) is 26.8 Å². The molecule has 0 saturated heterocycles. The number of aromatic amines is 1. The number of pyridine rings is 1. The highest BCUT2D eigenvalue weighted by Crippen LogP contribution is 2.38. The number of aromatic nitrogens is 2. The van der Waals surface area contributed by atoms with Crippen molar-refractivity contribution in [1.82, 2.24) is 20.2 Å². The summed E-state index contributed by atoms with van der Waals surface area (Å²) < 4.78 is 10.7. The van der Waals surface area contributed by atoms with Crippen LogP contribution in [0.25, 0.3) is 10.9 Å². The number of fused-ring (bicyclic) bond motifs is 3. The molecule has 2 atom stereocenters. The molecule has 0 saturated carbocycles. The first-order valence-corrected chi connectivity index (χ1v) is 15.5. The summed E-state index contributed by atoms with van der Waals surface area (Å²) in [6, 6.07) is 23.8. The molecular weight excluding hydrogens is 627 g/mol. The van der Waals surface area contributed by atoms with Crippen LogP contribution in [-0.4, -0.2) is 65.2 Å². The van der Waals surface area contributed by atoms with Crippen molar-refractivity contribution in [2.24, 2.45) is 0 Å². The normalized spacial score (nSPS) is 14.4. The third-order valence-corrected chi connectivity index (χ3v) is 8.14. The summed E-state index contributed by atoms with van der Waals surface area (Å²) in [4.78, 5) is 33.2. The highest BCUT2D eigenvalue weighted by molar-refractivity contribution is 6.31. The molecule has 3 aromatic carbocycles. The second-order valence-electron chi connectivity index (χ2n) is 10.7. The van der Waals surface area contributed by atoms with Crippen molar-refractivity contribution in [3.05, 3.63) is 124 Å². The largest absolute Gasteiger partial charge is 0.497 e. The van der Waals surface area contributed by atoms with Crippen LogP contribution in [0.3, 0.4) is 0 Å². The van der Waals surface area contributed by atoms with E-state index in [9.17, 15) is 14.7 Å². The zero-order valence-electron chi connectivity index (χ0n) is 25.2. The van der Waals surface area contributed by atoms with E-state index in [1.165, 1.54) is 11.8 Å². The minimum atomic E-state index is -0.739. The number of ether oxygens (including phenoxy) is 2. The summed E-state index contributed by atoms with van der Waals surface area (Å²) in [5.74, 6) is 1.21. The maximum atomic E-state index is 12.1. The summed E-state index contributed by atoms with van der Waals surface area (Å²) in [5.41, 5.74) is 4.60. The van der Waals surface area contributed by atoms with E-state index < -0.39 is 6.10 Å². The number of nitrogens with zero attached hydrogens (tertiary/aromatic N) is 2. The first-order chi connectivity index (χ1) is 22.4. The predicted molar refractivity (Wildman–Crippen MR) is 179 cm³/mol. The van der Waals surface area contributed by atoms with E-state index in [0.717, 1.165) is 45.8 Å². The number of H-pyrrole nitrogens is 1. The molecule has 2 aromatic heterocycles. The van der Waals surface area contributed by atoms with Crippen molar-refractivity contribution >= 4 is 46.4 Å². The highest BCUT2D eigenvalue weighted by Gasteiger charge is 2.31. The minimum absolute atomic E-state index is 0.122. The summed E-state index contributed by atoms with van der Waals surface area (Å²) >= 11 is 11.8. The van der Waals surface area contributed by atoms with Crippen LogP contribution in [0.4, 0.5) is 0 Å². The Kier molecular flexibility index (Phi) is 11.1. The Hall–Kier alpha value is -4.57. The van der Waals surface area contributed by atoms with Gasteiger partial charge < -0.3 is 29.8 Å². The van der Waals surface area contributed by atoms with Gasteiger partial charge in [0, 0.05) is 58.5 Å². The molecule has 3 N–H and O–H groups in total. The fraction of sp³-hybridized carbons (Fsp3) is 0.229. The van der Waals surface area contributed by atoms with Crippen LogP contribution >= 0.6 is 23.2 Å². The number of aliphatic hydroxyl groups excluding tert-OH is 1. The summed E-state index contributed by atoms with van der Waals surface area (Å²) in [6.45, 7) is 1.03. The molecule has 0 radical (unpaired) electrons. The van der Waals surface area contributed by atoms with E-state index in [4.69, 9.17) is 32.7 Å². The third-order valence-electron chi connectivity index (χ3n) is 7.65.